The standard InChI is InChI=1S/C27H28O5S/c1-18-12-14-21(15-13-18)33-27-25(29-16-19-8-4-2-5-9-19)23(28)24-22(31-27)17-30-26(32-24)20-10-6-3-7-11-20/h2-15,22-28H,16-17H2,1H3. The van der Waals surface area contributed by atoms with Gasteiger partial charge >= 0.3 is 0 Å². The van der Waals surface area contributed by atoms with Gasteiger partial charge in [0.1, 0.15) is 29.9 Å². The molecule has 172 valence electrons. The summed E-state index contributed by atoms with van der Waals surface area (Å²) in [7, 11) is 0. The molecule has 2 saturated heterocycles. The zero-order valence-corrected chi connectivity index (χ0v) is 19.3. The Morgan fingerprint density at radius 2 is 1.61 bits per heavy atom. The van der Waals surface area contributed by atoms with Gasteiger partial charge in [-0.15, -0.1) is 0 Å². The van der Waals surface area contributed by atoms with Gasteiger partial charge in [-0.25, -0.2) is 0 Å². The summed E-state index contributed by atoms with van der Waals surface area (Å²) in [5.41, 5.74) is 2.76. The Hall–Kier alpha value is -2.19. The molecule has 0 radical (unpaired) electrons. The van der Waals surface area contributed by atoms with Crippen LogP contribution in [0.3, 0.4) is 0 Å². The van der Waals surface area contributed by atoms with Gasteiger partial charge in [-0.2, -0.15) is 0 Å². The molecule has 6 unspecified atom stereocenters. The van der Waals surface area contributed by atoms with E-state index < -0.39 is 30.0 Å². The van der Waals surface area contributed by atoms with Crippen LogP contribution in [0.4, 0.5) is 0 Å². The normalized spacial score (nSPS) is 29.4. The monoisotopic (exact) mass is 464 g/mol. The minimum absolute atomic E-state index is 0.345. The number of hydrogen-bond donors (Lipinski definition) is 1. The maximum absolute atomic E-state index is 11.4. The fourth-order valence-corrected chi connectivity index (χ4v) is 5.27. The Kier molecular flexibility index (Phi) is 7.11. The Bertz CT molecular complexity index is 1010. The molecule has 0 aliphatic carbocycles. The molecule has 6 atom stereocenters. The van der Waals surface area contributed by atoms with Crippen molar-refractivity contribution in [1.82, 2.24) is 0 Å². The molecule has 6 heteroatoms. The topological polar surface area (TPSA) is 57.2 Å². The number of fused-ring (bicyclic) bond motifs is 1. The van der Waals surface area contributed by atoms with E-state index in [1.165, 1.54) is 5.56 Å². The summed E-state index contributed by atoms with van der Waals surface area (Å²) < 4.78 is 24.8. The highest BCUT2D eigenvalue weighted by molar-refractivity contribution is 7.99. The summed E-state index contributed by atoms with van der Waals surface area (Å²) in [6, 6.07) is 28.0. The van der Waals surface area contributed by atoms with E-state index in [4.69, 9.17) is 18.9 Å². The molecule has 2 fully saturated rings. The van der Waals surface area contributed by atoms with Crippen molar-refractivity contribution in [2.24, 2.45) is 0 Å². The Morgan fingerprint density at radius 3 is 2.33 bits per heavy atom. The Balaban J connectivity index is 1.35. The van der Waals surface area contributed by atoms with Gasteiger partial charge in [0.25, 0.3) is 0 Å². The van der Waals surface area contributed by atoms with Crippen molar-refractivity contribution in [3.63, 3.8) is 0 Å². The average Bonchev–Trinajstić information content (AvgIpc) is 2.86. The van der Waals surface area contributed by atoms with Gasteiger partial charge in [0.05, 0.1) is 13.2 Å². The van der Waals surface area contributed by atoms with Crippen LogP contribution in [-0.4, -0.2) is 41.6 Å². The number of thioether (sulfide) groups is 1. The second kappa shape index (κ2) is 10.4. The summed E-state index contributed by atoms with van der Waals surface area (Å²) in [4.78, 5) is 1.06. The smallest absolute Gasteiger partial charge is 0.184 e. The number of ether oxygens (including phenoxy) is 4. The number of aliphatic hydroxyl groups is 1. The first-order chi connectivity index (χ1) is 16.2. The van der Waals surface area contributed by atoms with Crippen molar-refractivity contribution < 1.29 is 24.1 Å². The quantitative estimate of drug-likeness (QED) is 0.562. The van der Waals surface area contributed by atoms with Crippen LogP contribution in [-0.2, 0) is 25.6 Å². The predicted molar refractivity (Wildman–Crippen MR) is 127 cm³/mol. The van der Waals surface area contributed by atoms with Crippen molar-refractivity contribution in [2.75, 3.05) is 6.61 Å². The lowest BCUT2D eigenvalue weighted by atomic mass is 9.98. The van der Waals surface area contributed by atoms with E-state index in [1.807, 2.05) is 60.7 Å². The zero-order valence-electron chi connectivity index (χ0n) is 18.4. The highest BCUT2D eigenvalue weighted by atomic mass is 32.2. The van der Waals surface area contributed by atoms with Crippen LogP contribution in [0.15, 0.2) is 89.8 Å². The first-order valence-corrected chi connectivity index (χ1v) is 12.1. The van der Waals surface area contributed by atoms with Gasteiger partial charge < -0.3 is 24.1 Å². The van der Waals surface area contributed by atoms with Gasteiger partial charge in [0, 0.05) is 10.5 Å². The van der Waals surface area contributed by atoms with Crippen molar-refractivity contribution in [2.45, 2.75) is 54.6 Å². The van der Waals surface area contributed by atoms with Crippen LogP contribution in [0.1, 0.15) is 23.0 Å². The number of benzene rings is 3. The molecule has 0 amide bonds. The molecule has 2 aliphatic rings. The lowest BCUT2D eigenvalue weighted by molar-refractivity contribution is -0.322. The minimum Gasteiger partial charge on any atom is -0.387 e. The third-order valence-electron chi connectivity index (χ3n) is 5.94. The zero-order chi connectivity index (χ0) is 22.6. The average molecular weight is 465 g/mol. The van der Waals surface area contributed by atoms with Crippen molar-refractivity contribution >= 4 is 11.8 Å². The summed E-state index contributed by atoms with van der Waals surface area (Å²) in [6.07, 6.45) is -2.88. The number of aliphatic hydroxyl groups excluding tert-OH is 1. The van der Waals surface area contributed by atoms with Crippen LogP contribution in [0.2, 0.25) is 0 Å². The Labute approximate surface area is 198 Å². The molecule has 3 aromatic carbocycles. The van der Waals surface area contributed by atoms with Gasteiger partial charge in [-0.3, -0.25) is 0 Å². The second-order valence-electron chi connectivity index (χ2n) is 8.40. The molecule has 2 heterocycles. The van der Waals surface area contributed by atoms with Crippen molar-refractivity contribution in [3.05, 3.63) is 102 Å². The van der Waals surface area contributed by atoms with E-state index in [-0.39, 0.29) is 6.10 Å². The summed E-state index contributed by atoms with van der Waals surface area (Å²) >= 11 is 1.55. The fraction of sp³-hybridized carbons (Fsp3) is 0.333. The third-order valence-corrected chi connectivity index (χ3v) is 7.10. The molecule has 0 saturated carbocycles. The van der Waals surface area contributed by atoms with E-state index in [2.05, 4.69) is 31.2 Å². The lowest BCUT2D eigenvalue weighted by Gasteiger charge is -2.47. The van der Waals surface area contributed by atoms with E-state index in [0.717, 1.165) is 16.0 Å². The fourth-order valence-electron chi connectivity index (χ4n) is 4.14. The molecular formula is C27H28O5S. The SMILES string of the molecule is Cc1ccc(SC2OC3COC(c4ccccc4)OC3C(O)C2OCc2ccccc2)cc1. The van der Waals surface area contributed by atoms with Crippen LogP contribution in [0, 0.1) is 6.92 Å². The van der Waals surface area contributed by atoms with Crippen molar-refractivity contribution in [1.29, 1.82) is 0 Å². The van der Waals surface area contributed by atoms with Crippen molar-refractivity contribution in [3.8, 4) is 0 Å². The second-order valence-corrected chi connectivity index (χ2v) is 9.57. The van der Waals surface area contributed by atoms with E-state index in [1.54, 1.807) is 11.8 Å². The molecule has 5 rings (SSSR count). The van der Waals surface area contributed by atoms with Crippen LogP contribution in [0.5, 0.6) is 0 Å². The lowest BCUT2D eigenvalue weighted by Crippen LogP contribution is -2.61. The molecule has 2 aliphatic heterocycles. The van der Waals surface area contributed by atoms with Gasteiger partial charge in [0.2, 0.25) is 0 Å². The third kappa shape index (κ3) is 5.32. The first-order valence-electron chi connectivity index (χ1n) is 11.2. The predicted octanol–water partition coefficient (Wildman–Crippen LogP) is 4.87. The molecule has 0 spiro atoms. The van der Waals surface area contributed by atoms with Gasteiger partial charge in [-0.1, -0.05) is 90.1 Å². The summed E-state index contributed by atoms with van der Waals surface area (Å²) in [5.74, 6) is 0. The van der Waals surface area contributed by atoms with E-state index in [0.29, 0.717) is 13.2 Å². The Morgan fingerprint density at radius 1 is 0.909 bits per heavy atom. The van der Waals surface area contributed by atoms with Crippen LogP contribution in [0.25, 0.3) is 0 Å². The first kappa shape index (κ1) is 22.6. The number of aryl methyl sites for hydroxylation is 1. The van der Waals surface area contributed by atoms with Crippen LogP contribution < -0.4 is 0 Å². The summed E-state index contributed by atoms with van der Waals surface area (Å²) in [5, 5.41) is 11.4. The highest BCUT2D eigenvalue weighted by Gasteiger charge is 2.50. The van der Waals surface area contributed by atoms with E-state index >= 15 is 0 Å². The van der Waals surface area contributed by atoms with Gasteiger partial charge in [-0.05, 0) is 24.6 Å². The molecular weight excluding hydrogens is 436 g/mol. The van der Waals surface area contributed by atoms with Gasteiger partial charge in [0.15, 0.2) is 6.29 Å². The minimum atomic E-state index is -0.856. The maximum atomic E-state index is 11.4. The number of rotatable bonds is 6. The molecule has 3 aromatic rings. The highest BCUT2D eigenvalue weighted by Crippen LogP contribution is 2.40. The molecule has 5 nitrogen and oxygen atoms in total. The van der Waals surface area contributed by atoms with E-state index in [9.17, 15) is 5.11 Å². The number of hydrogen-bond acceptors (Lipinski definition) is 6. The maximum Gasteiger partial charge on any atom is 0.184 e. The molecule has 1 N–H and O–H groups in total. The molecule has 33 heavy (non-hydrogen) atoms. The summed E-state index contributed by atoms with van der Waals surface area (Å²) in [6.45, 7) is 2.79. The van der Waals surface area contributed by atoms with Crippen LogP contribution >= 0.6 is 11.8 Å². The molecule has 0 bridgehead atoms. The molecule has 0 aromatic heterocycles. The largest absolute Gasteiger partial charge is 0.387 e.